The van der Waals surface area contributed by atoms with Gasteiger partial charge in [-0.15, -0.1) is 0 Å². The topological polar surface area (TPSA) is 75.6 Å². The van der Waals surface area contributed by atoms with Gasteiger partial charge in [-0.1, -0.05) is 12.1 Å². The van der Waals surface area contributed by atoms with Crippen LogP contribution in [0.3, 0.4) is 0 Å². The van der Waals surface area contributed by atoms with E-state index < -0.39 is 17.5 Å². The molecule has 2 N–H and O–H groups in total. The Balaban J connectivity index is 2.89. The first-order valence-electron chi connectivity index (χ1n) is 5.97. The fourth-order valence-corrected chi connectivity index (χ4v) is 1.40. The smallest absolute Gasteiger partial charge is 0.310 e. The van der Waals surface area contributed by atoms with E-state index in [9.17, 15) is 9.59 Å². The third-order valence-corrected chi connectivity index (χ3v) is 3.07. The number of carbonyl (C=O) groups is 2. The Hall–Kier alpha value is -1.88. The third kappa shape index (κ3) is 3.79. The molecule has 0 spiro atoms. The quantitative estimate of drug-likeness (QED) is 0.856. The van der Waals surface area contributed by atoms with Gasteiger partial charge in [-0.25, -0.2) is 0 Å². The first-order chi connectivity index (χ1) is 8.77. The minimum atomic E-state index is -0.936. The molecule has 1 unspecified atom stereocenters. The van der Waals surface area contributed by atoms with E-state index in [-0.39, 0.29) is 5.91 Å². The summed E-state index contributed by atoms with van der Waals surface area (Å²) in [5.41, 5.74) is 0.260. The Bertz CT molecular complexity index is 482. The van der Waals surface area contributed by atoms with Crippen LogP contribution in [0.4, 0.5) is 5.69 Å². The zero-order valence-corrected chi connectivity index (χ0v) is 11.6. The minimum Gasteiger partial charge on any atom is -0.481 e. The molecule has 0 bridgehead atoms. The molecule has 0 heterocycles. The molecule has 1 atom stereocenters. The van der Waals surface area contributed by atoms with Crippen LogP contribution in [0.15, 0.2) is 24.3 Å². The van der Waals surface area contributed by atoms with Gasteiger partial charge >= 0.3 is 5.97 Å². The summed E-state index contributed by atoms with van der Waals surface area (Å²) in [5, 5.41) is 11.7. The third-order valence-electron chi connectivity index (χ3n) is 3.07. The number of hydrogen-bond donors (Lipinski definition) is 2. The lowest BCUT2D eigenvalue weighted by Crippen LogP contribution is -2.38. The molecule has 5 nitrogen and oxygen atoms in total. The average Bonchev–Trinajstić information content (AvgIpc) is 2.37. The van der Waals surface area contributed by atoms with Crippen molar-refractivity contribution in [1.82, 2.24) is 0 Å². The SMILES string of the molecule is COC(C)(C)C(=O)Nc1cccc(C(C)C(=O)O)c1. The molecule has 5 heteroatoms. The second kappa shape index (κ2) is 5.84. The largest absolute Gasteiger partial charge is 0.481 e. The van der Waals surface area contributed by atoms with Gasteiger partial charge in [0.25, 0.3) is 5.91 Å². The molecule has 1 rings (SSSR count). The van der Waals surface area contributed by atoms with Crippen molar-refractivity contribution in [3.8, 4) is 0 Å². The highest BCUT2D eigenvalue weighted by Crippen LogP contribution is 2.20. The van der Waals surface area contributed by atoms with E-state index in [4.69, 9.17) is 9.84 Å². The number of carboxylic acid groups (broad SMARTS) is 1. The lowest BCUT2D eigenvalue weighted by atomic mass is 10.0. The highest BCUT2D eigenvalue weighted by atomic mass is 16.5. The zero-order chi connectivity index (χ0) is 14.6. The molecule has 104 valence electrons. The van der Waals surface area contributed by atoms with Crippen molar-refractivity contribution in [3.05, 3.63) is 29.8 Å². The highest BCUT2D eigenvalue weighted by molar-refractivity contribution is 5.96. The van der Waals surface area contributed by atoms with Crippen molar-refractivity contribution < 1.29 is 19.4 Å². The molecule has 0 aliphatic heterocycles. The molecule has 1 aromatic rings. The fraction of sp³-hybridized carbons (Fsp3) is 0.429. The maximum atomic E-state index is 11.9. The summed E-state index contributed by atoms with van der Waals surface area (Å²) < 4.78 is 5.08. The van der Waals surface area contributed by atoms with Crippen LogP contribution >= 0.6 is 0 Å². The average molecular weight is 265 g/mol. The van der Waals surface area contributed by atoms with Gasteiger partial charge < -0.3 is 15.2 Å². The maximum absolute atomic E-state index is 11.9. The number of ether oxygens (including phenoxy) is 1. The fourth-order valence-electron chi connectivity index (χ4n) is 1.40. The molecule has 0 aliphatic carbocycles. The van der Waals surface area contributed by atoms with Gasteiger partial charge in [-0.3, -0.25) is 9.59 Å². The van der Waals surface area contributed by atoms with Crippen molar-refractivity contribution in [2.75, 3.05) is 12.4 Å². The monoisotopic (exact) mass is 265 g/mol. The normalized spacial score (nSPS) is 12.8. The van der Waals surface area contributed by atoms with Crippen molar-refractivity contribution in [2.24, 2.45) is 0 Å². The molecular weight excluding hydrogens is 246 g/mol. The predicted molar refractivity (Wildman–Crippen MR) is 72.2 cm³/mol. The van der Waals surface area contributed by atoms with Crippen LogP contribution in [0, 0.1) is 0 Å². The molecule has 1 aromatic carbocycles. The van der Waals surface area contributed by atoms with Gasteiger partial charge in [0.15, 0.2) is 0 Å². The number of nitrogens with one attached hydrogen (secondary N) is 1. The van der Waals surface area contributed by atoms with Crippen molar-refractivity contribution in [1.29, 1.82) is 0 Å². The van der Waals surface area contributed by atoms with Gasteiger partial charge in [0.1, 0.15) is 5.60 Å². The first-order valence-corrected chi connectivity index (χ1v) is 5.97. The predicted octanol–water partition coefficient (Wildman–Crippen LogP) is 2.24. The van der Waals surface area contributed by atoms with E-state index in [1.165, 1.54) is 7.11 Å². The first kappa shape index (κ1) is 15.2. The Kier molecular flexibility index (Phi) is 4.67. The summed E-state index contributed by atoms with van der Waals surface area (Å²) >= 11 is 0. The number of carbonyl (C=O) groups excluding carboxylic acids is 1. The molecule has 0 fully saturated rings. The summed E-state index contributed by atoms with van der Waals surface area (Å²) in [6.45, 7) is 4.92. The summed E-state index contributed by atoms with van der Waals surface area (Å²) in [6.07, 6.45) is 0. The standard InChI is InChI=1S/C14H19NO4/c1-9(12(16)17)10-6-5-7-11(8-10)15-13(18)14(2,3)19-4/h5-9H,1-4H3,(H,15,18)(H,16,17). The number of rotatable bonds is 5. The van der Waals surface area contributed by atoms with Crippen molar-refractivity contribution in [2.45, 2.75) is 32.3 Å². The van der Waals surface area contributed by atoms with Gasteiger partial charge in [0, 0.05) is 12.8 Å². The number of aliphatic carboxylic acids is 1. The van der Waals surface area contributed by atoms with E-state index in [0.29, 0.717) is 11.3 Å². The Morgan fingerprint density at radius 2 is 2.00 bits per heavy atom. The van der Waals surface area contributed by atoms with E-state index >= 15 is 0 Å². The molecule has 0 aliphatic rings. The zero-order valence-electron chi connectivity index (χ0n) is 11.6. The van der Waals surface area contributed by atoms with E-state index in [1.54, 1.807) is 45.0 Å². The van der Waals surface area contributed by atoms with Crippen LogP contribution in [-0.4, -0.2) is 29.7 Å². The van der Waals surface area contributed by atoms with Crippen LogP contribution in [0.1, 0.15) is 32.3 Å². The molecule has 1 amide bonds. The maximum Gasteiger partial charge on any atom is 0.310 e. The summed E-state index contributed by atoms with van der Waals surface area (Å²) in [5.74, 6) is -1.80. The van der Waals surface area contributed by atoms with E-state index in [2.05, 4.69) is 5.32 Å². The van der Waals surface area contributed by atoms with Gasteiger partial charge in [-0.2, -0.15) is 0 Å². The minimum absolute atomic E-state index is 0.282. The second-order valence-corrected chi connectivity index (χ2v) is 4.85. The number of anilines is 1. The molecule has 0 aromatic heterocycles. The van der Waals surface area contributed by atoms with E-state index in [1.807, 2.05) is 0 Å². The summed E-state index contributed by atoms with van der Waals surface area (Å²) in [7, 11) is 1.46. The lowest BCUT2D eigenvalue weighted by molar-refractivity contribution is -0.138. The number of hydrogen-bond acceptors (Lipinski definition) is 3. The lowest BCUT2D eigenvalue weighted by Gasteiger charge is -2.22. The van der Waals surface area contributed by atoms with Crippen molar-refractivity contribution >= 4 is 17.6 Å². The number of carboxylic acids is 1. The number of methoxy groups -OCH3 is 1. The number of amides is 1. The van der Waals surface area contributed by atoms with Gasteiger partial charge in [0.2, 0.25) is 0 Å². The van der Waals surface area contributed by atoms with Crippen LogP contribution in [-0.2, 0) is 14.3 Å². The summed E-state index contributed by atoms with van der Waals surface area (Å²) in [6, 6.07) is 6.80. The molecule has 0 saturated carbocycles. The van der Waals surface area contributed by atoms with Gasteiger partial charge in [-0.05, 0) is 38.5 Å². The highest BCUT2D eigenvalue weighted by Gasteiger charge is 2.27. The molecule has 0 saturated heterocycles. The molecular formula is C14H19NO4. The van der Waals surface area contributed by atoms with Crippen LogP contribution < -0.4 is 5.32 Å². The van der Waals surface area contributed by atoms with E-state index in [0.717, 1.165) is 0 Å². The van der Waals surface area contributed by atoms with Crippen LogP contribution in [0.25, 0.3) is 0 Å². The molecule has 0 radical (unpaired) electrons. The second-order valence-electron chi connectivity index (χ2n) is 4.85. The molecule has 19 heavy (non-hydrogen) atoms. The van der Waals surface area contributed by atoms with Crippen LogP contribution in [0.2, 0.25) is 0 Å². The Morgan fingerprint density at radius 3 is 2.53 bits per heavy atom. The Morgan fingerprint density at radius 1 is 1.37 bits per heavy atom. The van der Waals surface area contributed by atoms with Crippen molar-refractivity contribution in [3.63, 3.8) is 0 Å². The van der Waals surface area contributed by atoms with Crippen LogP contribution in [0.5, 0.6) is 0 Å². The number of benzene rings is 1. The summed E-state index contributed by atoms with van der Waals surface area (Å²) in [4.78, 5) is 22.9. The Labute approximate surface area is 112 Å². The van der Waals surface area contributed by atoms with Gasteiger partial charge in [0.05, 0.1) is 5.92 Å².